The number of rotatable bonds is 12. The number of hydrogen-bond acceptors (Lipinski definition) is 3. The Bertz CT molecular complexity index is 548. The summed E-state index contributed by atoms with van der Waals surface area (Å²) in [6.45, 7) is 0.464. The van der Waals surface area contributed by atoms with Crippen LogP contribution in [0, 0.1) is 0 Å². The fourth-order valence-electron chi connectivity index (χ4n) is 2.41. The zero-order valence-corrected chi connectivity index (χ0v) is 14.2. The van der Waals surface area contributed by atoms with E-state index in [1.54, 1.807) is 0 Å². The number of unbranched alkanes of at least 4 members (excludes halogenated alkanes) is 2. The Morgan fingerprint density at radius 3 is 2.32 bits per heavy atom. The van der Waals surface area contributed by atoms with Crippen LogP contribution in [-0.2, 0) is 16.0 Å². The molecular weight excluding hydrogens is 324 g/mol. The molecule has 1 aromatic rings. The minimum Gasteiger partial charge on any atom is -0.481 e. The van der Waals surface area contributed by atoms with Crippen molar-refractivity contribution in [3.05, 3.63) is 35.9 Å². The monoisotopic (exact) mass is 350 g/mol. The first-order valence-corrected chi connectivity index (χ1v) is 8.52. The van der Waals surface area contributed by atoms with E-state index >= 15 is 0 Å². The molecule has 1 aromatic carbocycles. The number of benzene rings is 1. The standard InChI is InChI=1S/C18H26N2O5/c21-16(22)12-6-2-5-11-15(17(23)24)20-18(25)19-13-7-10-14-8-3-1-4-9-14/h1,3-4,8-9,15H,2,5-7,10-13H2,(H,21,22)(H,23,24)(H2,19,20,25)/t15-/m0/s1. The number of urea groups is 1. The van der Waals surface area contributed by atoms with Crippen LogP contribution in [0.15, 0.2) is 30.3 Å². The first-order valence-electron chi connectivity index (χ1n) is 8.52. The average Bonchev–Trinajstić information content (AvgIpc) is 2.58. The van der Waals surface area contributed by atoms with Crippen LogP contribution in [0.1, 0.15) is 44.1 Å². The maximum Gasteiger partial charge on any atom is 0.326 e. The lowest BCUT2D eigenvalue weighted by molar-refractivity contribution is -0.139. The molecule has 0 spiro atoms. The Hall–Kier alpha value is -2.57. The molecule has 1 atom stereocenters. The highest BCUT2D eigenvalue weighted by atomic mass is 16.4. The Morgan fingerprint density at radius 1 is 0.960 bits per heavy atom. The van der Waals surface area contributed by atoms with Gasteiger partial charge in [-0.05, 0) is 31.2 Å². The SMILES string of the molecule is O=C(O)CCCCC[C@H](NC(=O)NCCCc1ccccc1)C(=O)O. The minimum atomic E-state index is -1.09. The zero-order chi connectivity index (χ0) is 18.5. The lowest BCUT2D eigenvalue weighted by Gasteiger charge is -2.15. The Morgan fingerprint density at radius 2 is 1.68 bits per heavy atom. The number of aryl methyl sites for hydroxylation is 1. The molecule has 7 heteroatoms. The second-order valence-electron chi connectivity index (χ2n) is 5.87. The summed E-state index contributed by atoms with van der Waals surface area (Å²) in [5, 5.41) is 22.8. The van der Waals surface area contributed by atoms with Gasteiger partial charge < -0.3 is 20.8 Å². The molecule has 25 heavy (non-hydrogen) atoms. The molecule has 0 unspecified atom stereocenters. The maximum atomic E-state index is 11.8. The molecule has 7 nitrogen and oxygen atoms in total. The van der Waals surface area contributed by atoms with Crippen LogP contribution in [-0.4, -0.2) is 40.8 Å². The highest BCUT2D eigenvalue weighted by Crippen LogP contribution is 2.06. The third-order valence-electron chi connectivity index (χ3n) is 3.76. The van der Waals surface area contributed by atoms with E-state index in [2.05, 4.69) is 10.6 Å². The van der Waals surface area contributed by atoms with Crippen molar-refractivity contribution in [2.45, 2.75) is 51.0 Å². The van der Waals surface area contributed by atoms with Crippen molar-refractivity contribution in [2.24, 2.45) is 0 Å². The van der Waals surface area contributed by atoms with Gasteiger partial charge in [0.2, 0.25) is 0 Å². The van der Waals surface area contributed by atoms with Crippen molar-refractivity contribution in [3.63, 3.8) is 0 Å². The van der Waals surface area contributed by atoms with E-state index in [0.29, 0.717) is 25.8 Å². The van der Waals surface area contributed by atoms with E-state index in [0.717, 1.165) is 12.8 Å². The summed E-state index contributed by atoms with van der Waals surface area (Å²) in [6, 6.07) is 8.45. The highest BCUT2D eigenvalue weighted by molar-refractivity contribution is 5.82. The average molecular weight is 350 g/mol. The second kappa shape index (κ2) is 11.9. The summed E-state index contributed by atoms with van der Waals surface area (Å²) < 4.78 is 0. The molecule has 0 fully saturated rings. The predicted molar refractivity (Wildman–Crippen MR) is 93.4 cm³/mol. The van der Waals surface area contributed by atoms with Gasteiger partial charge >= 0.3 is 18.0 Å². The van der Waals surface area contributed by atoms with Gasteiger partial charge in [-0.15, -0.1) is 0 Å². The third kappa shape index (κ3) is 10.0. The Labute approximate surface area is 147 Å². The molecule has 0 bridgehead atoms. The number of carbonyl (C=O) groups is 3. The first-order chi connectivity index (χ1) is 12.0. The number of carboxylic acid groups (broad SMARTS) is 2. The molecule has 0 aromatic heterocycles. The number of amides is 2. The van der Waals surface area contributed by atoms with Crippen LogP contribution in [0.2, 0.25) is 0 Å². The van der Waals surface area contributed by atoms with Crippen molar-refractivity contribution in [1.29, 1.82) is 0 Å². The van der Waals surface area contributed by atoms with Gasteiger partial charge in [0.15, 0.2) is 0 Å². The van der Waals surface area contributed by atoms with E-state index in [4.69, 9.17) is 10.2 Å². The quantitative estimate of drug-likeness (QED) is 0.432. The zero-order valence-electron chi connectivity index (χ0n) is 14.2. The van der Waals surface area contributed by atoms with E-state index in [9.17, 15) is 14.4 Å². The molecule has 0 aliphatic heterocycles. The van der Waals surface area contributed by atoms with Gasteiger partial charge in [-0.1, -0.05) is 43.2 Å². The summed E-state index contributed by atoms with van der Waals surface area (Å²) in [5.41, 5.74) is 1.19. The van der Waals surface area contributed by atoms with Crippen molar-refractivity contribution < 1.29 is 24.6 Å². The molecule has 2 amide bonds. The van der Waals surface area contributed by atoms with Crippen LogP contribution < -0.4 is 10.6 Å². The first kappa shape index (κ1) is 20.5. The second-order valence-corrected chi connectivity index (χ2v) is 5.87. The molecule has 0 radical (unpaired) electrons. The van der Waals surface area contributed by atoms with Gasteiger partial charge in [0.1, 0.15) is 6.04 Å². The molecule has 0 saturated carbocycles. The number of aliphatic carboxylic acids is 2. The smallest absolute Gasteiger partial charge is 0.326 e. The van der Waals surface area contributed by atoms with Crippen molar-refractivity contribution in [3.8, 4) is 0 Å². The van der Waals surface area contributed by atoms with Crippen LogP contribution in [0.4, 0.5) is 4.79 Å². The lowest BCUT2D eigenvalue weighted by atomic mass is 10.1. The van der Waals surface area contributed by atoms with Gasteiger partial charge in [0.05, 0.1) is 0 Å². The van der Waals surface area contributed by atoms with Gasteiger partial charge in [-0.2, -0.15) is 0 Å². The van der Waals surface area contributed by atoms with Gasteiger partial charge in [-0.25, -0.2) is 9.59 Å². The minimum absolute atomic E-state index is 0.0765. The summed E-state index contributed by atoms with van der Waals surface area (Å²) >= 11 is 0. The van der Waals surface area contributed by atoms with Crippen LogP contribution in [0.5, 0.6) is 0 Å². The van der Waals surface area contributed by atoms with Crippen molar-refractivity contribution >= 4 is 18.0 Å². The highest BCUT2D eigenvalue weighted by Gasteiger charge is 2.19. The topological polar surface area (TPSA) is 116 Å². The molecule has 0 heterocycles. The fourth-order valence-corrected chi connectivity index (χ4v) is 2.41. The summed E-state index contributed by atoms with van der Waals surface area (Å²) in [7, 11) is 0. The number of nitrogens with one attached hydrogen (secondary N) is 2. The number of hydrogen-bond donors (Lipinski definition) is 4. The summed E-state index contributed by atoms with van der Waals surface area (Å²) in [6.07, 6.45) is 3.65. The van der Waals surface area contributed by atoms with E-state index < -0.39 is 24.0 Å². The third-order valence-corrected chi connectivity index (χ3v) is 3.76. The molecule has 0 aliphatic carbocycles. The van der Waals surface area contributed by atoms with E-state index in [1.807, 2.05) is 30.3 Å². The van der Waals surface area contributed by atoms with Crippen molar-refractivity contribution in [1.82, 2.24) is 10.6 Å². The number of carboxylic acids is 2. The Balaban J connectivity index is 2.19. The van der Waals surface area contributed by atoms with Crippen LogP contribution in [0.3, 0.4) is 0 Å². The predicted octanol–water partition coefficient (Wildman–Crippen LogP) is 2.41. The Kier molecular flexibility index (Phi) is 9.74. The molecule has 1 rings (SSSR count). The maximum absolute atomic E-state index is 11.8. The molecule has 4 N–H and O–H groups in total. The van der Waals surface area contributed by atoms with Crippen molar-refractivity contribution in [2.75, 3.05) is 6.54 Å². The molecular formula is C18H26N2O5. The van der Waals surface area contributed by atoms with Crippen LogP contribution >= 0.6 is 0 Å². The van der Waals surface area contributed by atoms with Gasteiger partial charge in [0, 0.05) is 13.0 Å². The largest absolute Gasteiger partial charge is 0.481 e. The summed E-state index contributed by atoms with van der Waals surface area (Å²) in [5.74, 6) is -1.94. The van der Waals surface area contributed by atoms with Gasteiger partial charge in [0.25, 0.3) is 0 Å². The van der Waals surface area contributed by atoms with E-state index in [1.165, 1.54) is 5.56 Å². The molecule has 0 saturated heterocycles. The number of carbonyl (C=O) groups excluding carboxylic acids is 1. The van der Waals surface area contributed by atoms with Crippen LogP contribution in [0.25, 0.3) is 0 Å². The molecule has 138 valence electrons. The summed E-state index contributed by atoms with van der Waals surface area (Å²) in [4.78, 5) is 33.4. The van der Waals surface area contributed by atoms with E-state index in [-0.39, 0.29) is 12.8 Å². The van der Waals surface area contributed by atoms with Gasteiger partial charge in [-0.3, -0.25) is 4.79 Å². The molecule has 0 aliphatic rings. The fraction of sp³-hybridized carbons (Fsp3) is 0.500. The normalized spacial score (nSPS) is 11.5. The lowest BCUT2D eigenvalue weighted by Crippen LogP contribution is -2.46.